The molecule has 7 nitrogen and oxygen atoms in total. The van der Waals surface area contributed by atoms with Gasteiger partial charge in [-0.15, -0.1) is 0 Å². The Morgan fingerprint density at radius 2 is 1.71 bits per heavy atom. The van der Waals surface area contributed by atoms with E-state index in [0.29, 0.717) is 19.4 Å². The molecule has 2 atom stereocenters. The van der Waals surface area contributed by atoms with Crippen molar-refractivity contribution in [3.8, 4) is 0 Å². The molecule has 3 aliphatic rings. The summed E-state index contributed by atoms with van der Waals surface area (Å²) in [5.41, 5.74) is 1.68. The van der Waals surface area contributed by atoms with Crippen LogP contribution in [-0.4, -0.2) is 61.7 Å². The largest absolute Gasteiger partial charge is 0.342 e. The molecule has 2 fully saturated rings. The molecule has 1 aromatic carbocycles. The van der Waals surface area contributed by atoms with Gasteiger partial charge in [-0.2, -0.15) is 4.31 Å². The van der Waals surface area contributed by atoms with E-state index in [-0.39, 0.29) is 35.2 Å². The quantitative estimate of drug-likeness (QED) is 0.714. The van der Waals surface area contributed by atoms with Crippen molar-refractivity contribution in [2.45, 2.75) is 69.7 Å². The second kappa shape index (κ2) is 8.90. The van der Waals surface area contributed by atoms with E-state index >= 15 is 0 Å². The van der Waals surface area contributed by atoms with Crippen molar-refractivity contribution in [3.63, 3.8) is 0 Å². The monoisotopic (exact) mass is 447 g/mol. The summed E-state index contributed by atoms with van der Waals surface area (Å²) in [5.74, 6) is -0.182. The van der Waals surface area contributed by atoms with Gasteiger partial charge in [-0.25, -0.2) is 8.42 Å². The lowest BCUT2D eigenvalue weighted by atomic mass is 9.98. The van der Waals surface area contributed by atoms with Crippen molar-refractivity contribution in [2.75, 3.05) is 31.1 Å². The predicted molar refractivity (Wildman–Crippen MR) is 119 cm³/mol. The number of sulfonamides is 1. The average Bonchev–Trinajstić information content (AvgIpc) is 2.90. The molecular weight excluding hydrogens is 414 g/mol. The number of benzene rings is 1. The maximum Gasteiger partial charge on any atom is 0.243 e. The van der Waals surface area contributed by atoms with E-state index in [2.05, 4.69) is 0 Å². The number of likely N-dealkylation sites (tertiary alicyclic amines) is 1. The Hall–Kier alpha value is -1.93. The summed E-state index contributed by atoms with van der Waals surface area (Å²) in [6, 6.07) is 5.08. The predicted octanol–water partition coefficient (Wildman–Crippen LogP) is 2.79. The van der Waals surface area contributed by atoms with Gasteiger partial charge in [-0.1, -0.05) is 12.8 Å². The van der Waals surface area contributed by atoms with E-state index in [1.807, 2.05) is 11.8 Å². The maximum atomic E-state index is 13.4. The summed E-state index contributed by atoms with van der Waals surface area (Å²) in [6.07, 6.45) is 6.48. The number of rotatable bonds is 3. The molecular formula is C23H33N3O4S. The summed E-state index contributed by atoms with van der Waals surface area (Å²) in [6.45, 7) is 5.78. The summed E-state index contributed by atoms with van der Waals surface area (Å²) < 4.78 is 28.3. The van der Waals surface area contributed by atoms with E-state index < -0.39 is 10.0 Å². The van der Waals surface area contributed by atoms with Crippen LogP contribution in [0, 0.1) is 5.92 Å². The van der Waals surface area contributed by atoms with Crippen LogP contribution in [0.5, 0.6) is 0 Å². The molecule has 0 bridgehead atoms. The van der Waals surface area contributed by atoms with Crippen molar-refractivity contribution < 1.29 is 18.0 Å². The number of amides is 2. The molecule has 8 heteroatoms. The van der Waals surface area contributed by atoms with Crippen LogP contribution in [0.3, 0.4) is 0 Å². The van der Waals surface area contributed by atoms with Gasteiger partial charge in [0.15, 0.2) is 0 Å². The van der Waals surface area contributed by atoms with E-state index in [9.17, 15) is 18.0 Å². The molecule has 3 aliphatic heterocycles. The third-order valence-electron chi connectivity index (χ3n) is 6.89. The fraction of sp³-hybridized carbons (Fsp3) is 0.652. The number of hydrogen-bond acceptors (Lipinski definition) is 4. The van der Waals surface area contributed by atoms with Gasteiger partial charge in [0.1, 0.15) is 0 Å². The van der Waals surface area contributed by atoms with Gasteiger partial charge < -0.3 is 9.80 Å². The van der Waals surface area contributed by atoms with E-state index in [4.69, 9.17) is 0 Å². The summed E-state index contributed by atoms with van der Waals surface area (Å²) in [5, 5.41) is 0. The third kappa shape index (κ3) is 4.37. The highest BCUT2D eigenvalue weighted by Crippen LogP contribution is 2.35. The number of fused-ring (bicyclic) bond motifs is 1. The number of hydrogen-bond donors (Lipinski definition) is 0. The molecule has 170 valence electrons. The number of carbonyl (C=O) groups excluding carboxylic acids is 2. The standard InChI is InChI=1S/C23H33N3O4S/c1-17-14-20-15-21(9-10-22(20)26(17)18(2)27)31(29,30)25-13-7-8-19(16-25)23(28)24-11-5-3-4-6-12-24/h9-10,15,17,19H,3-8,11-14,16H2,1-2H3/t17-,19+/m0/s1. The Labute approximate surface area is 185 Å². The molecule has 0 radical (unpaired) electrons. The molecule has 0 unspecified atom stereocenters. The van der Waals surface area contributed by atoms with Crippen LogP contribution in [0.25, 0.3) is 0 Å². The minimum atomic E-state index is -3.68. The molecule has 4 rings (SSSR count). The van der Waals surface area contributed by atoms with Crippen LogP contribution >= 0.6 is 0 Å². The van der Waals surface area contributed by atoms with Crippen LogP contribution in [0.2, 0.25) is 0 Å². The molecule has 31 heavy (non-hydrogen) atoms. The number of piperidine rings is 1. The fourth-order valence-electron chi connectivity index (χ4n) is 5.31. The molecule has 0 N–H and O–H groups in total. The van der Waals surface area contributed by atoms with Crippen molar-refractivity contribution in [1.29, 1.82) is 0 Å². The van der Waals surface area contributed by atoms with Gasteiger partial charge in [0.2, 0.25) is 21.8 Å². The van der Waals surface area contributed by atoms with E-state index in [1.165, 1.54) is 11.2 Å². The van der Waals surface area contributed by atoms with Gasteiger partial charge in [0.05, 0.1) is 10.8 Å². The zero-order chi connectivity index (χ0) is 22.2. The zero-order valence-corrected chi connectivity index (χ0v) is 19.4. The summed E-state index contributed by atoms with van der Waals surface area (Å²) in [4.78, 5) is 29.0. The molecule has 1 aromatic rings. The van der Waals surface area contributed by atoms with Crippen LogP contribution in [0.4, 0.5) is 5.69 Å². The average molecular weight is 448 g/mol. The molecule has 2 saturated heterocycles. The Morgan fingerprint density at radius 1 is 1.00 bits per heavy atom. The molecule has 2 amide bonds. The SMILES string of the molecule is CC(=O)N1c2ccc(S(=O)(=O)N3CCC[C@@H](C(=O)N4CCCCCC4)C3)cc2C[C@@H]1C. The lowest BCUT2D eigenvalue weighted by molar-refractivity contribution is -0.136. The highest BCUT2D eigenvalue weighted by atomic mass is 32.2. The van der Waals surface area contributed by atoms with Crippen LogP contribution in [0.1, 0.15) is 57.9 Å². The highest BCUT2D eigenvalue weighted by Gasteiger charge is 2.36. The van der Waals surface area contributed by atoms with Crippen molar-refractivity contribution in [2.24, 2.45) is 5.92 Å². The van der Waals surface area contributed by atoms with Gasteiger partial charge in [-0.05, 0) is 62.8 Å². The molecule has 0 aromatic heterocycles. The first kappa shape index (κ1) is 22.3. The number of anilines is 1. The van der Waals surface area contributed by atoms with E-state index in [1.54, 1.807) is 23.1 Å². The molecule has 0 aliphatic carbocycles. The zero-order valence-electron chi connectivity index (χ0n) is 18.5. The van der Waals surface area contributed by atoms with Gasteiger partial charge >= 0.3 is 0 Å². The van der Waals surface area contributed by atoms with Gasteiger partial charge in [0, 0.05) is 44.8 Å². The smallest absolute Gasteiger partial charge is 0.243 e. The molecule has 3 heterocycles. The van der Waals surface area contributed by atoms with Gasteiger partial charge in [0.25, 0.3) is 0 Å². The van der Waals surface area contributed by atoms with Crippen molar-refractivity contribution >= 4 is 27.5 Å². The first-order chi connectivity index (χ1) is 14.8. The second-order valence-electron chi connectivity index (χ2n) is 9.17. The van der Waals surface area contributed by atoms with Crippen LogP contribution in [-0.2, 0) is 26.0 Å². The van der Waals surface area contributed by atoms with Crippen LogP contribution < -0.4 is 4.90 Å². The Bertz CT molecular complexity index is 954. The first-order valence-corrected chi connectivity index (χ1v) is 12.9. The minimum absolute atomic E-state index is 0.0241. The van der Waals surface area contributed by atoms with E-state index in [0.717, 1.165) is 56.4 Å². The number of nitrogens with zero attached hydrogens (tertiary/aromatic N) is 3. The summed E-state index contributed by atoms with van der Waals surface area (Å²) in [7, 11) is -3.68. The van der Waals surface area contributed by atoms with Gasteiger partial charge in [-0.3, -0.25) is 9.59 Å². The summed E-state index contributed by atoms with van der Waals surface area (Å²) >= 11 is 0. The van der Waals surface area contributed by atoms with Crippen molar-refractivity contribution in [3.05, 3.63) is 23.8 Å². The fourth-order valence-corrected chi connectivity index (χ4v) is 6.88. The maximum absolute atomic E-state index is 13.4. The molecule has 0 saturated carbocycles. The Kier molecular flexibility index (Phi) is 6.40. The topological polar surface area (TPSA) is 78.0 Å². The normalized spacial score (nSPS) is 25.2. The highest BCUT2D eigenvalue weighted by molar-refractivity contribution is 7.89. The minimum Gasteiger partial charge on any atom is -0.342 e. The Balaban J connectivity index is 1.52. The Morgan fingerprint density at radius 3 is 2.39 bits per heavy atom. The number of carbonyl (C=O) groups is 2. The second-order valence-corrected chi connectivity index (χ2v) is 11.1. The molecule has 0 spiro atoms. The lowest BCUT2D eigenvalue weighted by Gasteiger charge is -2.34. The first-order valence-electron chi connectivity index (χ1n) is 11.5. The van der Waals surface area contributed by atoms with Crippen LogP contribution in [0.15, 0.2) is 23.1 Å². The van der Waals surface area contributed by atoms with Crippen molar-refractivity contribution in [1.82, 2.24) is 9.21 Å². The lowest BCUT2D eigenvalue weighted by Crippen LogP contribution is -2.47. The third-order valence-corrected chi connectivity index (χ3v) is 8.76.